The largest absolute Gasteiger partial charge is 0.325 e. The monoisotopic (exact) mass is 462 g/mol. The highest BCUT2D eigenvalue weighted by atomic mass is 32.2. The van der Waals surface area contributed by atoms with Crippen molar-refractivity contribution < 1.29 is 14.1 Å². The van der Waals surface area contributed by atoms with Crippen LogP contribution in [0.5, 0.6) is 0 Å². The van der Waals surface area contributed by atoms with Crippen molar-refractivity contribution in [2.45, 2.75) is 19.0 Å². The quantitative estimate of drug-likeness (QED) is 0.171. The fraction of sp³-hybridized carbons (Fsp3) is 0.125. The Labute approximate surface area is 193 Å². The van der Waals surface area contributed by atoms with Crippen molar-refractivity contribution >= 4 is 39.9 Å². The van der Waals surface area contributed by atoms with Gasteiger partial charge in [0.2, 0.25) is 5.91 Å². The van der Waals surface area contributed by atoms with Gasteiger partial charge in [-0.15, -0.1) is 0 Å². The number of carbonyl (C=O) groups is 1. The number of aromatic nitrogens is 2. The van der Waals surface area contributed by atoms with Gasteiger partial charge in [-0.2, -0.15) is 0 Å². The van der Waals surface area contributed by atoms with Gasteiger partial charge in [0.15, 0.2) is 5.16 Å². The number of aryl methyl sites for hydroxylation is 2. The minimum atomic E-state index is -0.484. The van der Waals surface area contributed by atoms with E-state index in [1.807, 2.05) is 25.1 Å². The Hall–Kier alpha value is -3.85. The smallest absolute Gasteiger partial charge is 0.274 e. The van der Waals surface area contributed by atoms with Crippen LogP contribution in [0, 0.1) is 29.8 Å². The molecule has 0 saturated heterocycles. The molecule has 0 saturated carbocycles. The number of anilines is 1. The average Bonchev–Trinajstić information content (AvgIpc) is 2.79. The number of para-hydroxylation sites is 1. The summed E-state index contributed by atoms with van der Waals surface area (Å²) in [6, 6.07) is 16.4. The highest BCUT2D eigenvalue weighted by Crippen LogP contribution is 2.30. The van der Waals surface area contributed by atoms with Crippen molar-refractivity contribution in [3.8, 4) is 11.3 Å². The SMILES string of the molecule is Cc1ccc(NC(=O)CSc2nc(-c3ccc(F)cc3)c3cccc(C)c3n2)cc1[N+](=O)[O-]. The van der Waals surface area contributed by atoms with Gasteiger partial charge in [0.05, 0.1) is 21.9 Å². The molecule has 0 atom stereocenters. The number of carbonyl (C=O) groups excluding carboxylic acids is 1. The van der Waals surface area contributed by atoms with Gasteiger partial charge in [-0.1, -0.05) is 36.0 Å². The van der Waals surface area contributed by atoms with Gasteiger partial charge >= 0.3 is 0 Å². The summed E-state index contributed by atoms with van der Waals surface area (Å²) in [6.45, 7) is 3.58. The predicted molar refractivity (Wildman–Crippen MR) is 127 cm³/mol. The number of nitro benzene ring substituents is 1. The zero-order chi connectivity index (χ0) is 23.5. The number of thioether (sulfide) groups is 1. The summed E-state index contributed by atoms with van der Waals surface area (Å²) < 4.78 is 13.4. The normalized spacial score (nSPS) is 10.9. The van der Waals surface area contributed by atoms with Gasteiger partial charge in [0.1, 0.15) is 5.82 Å². The highest BCUT2D eigenvalue weighted by molar-refractivity contribution is 7.99. The van der Waals surface area contributed by atoms with E-state index in [0.717, 1.165) is 33.8 Å². The molecule has 33 heavy (non-hydrogen) atoms. The van der Waals surface area contributed by atoms with Crippen molar-refractivity contribution in [2.75, 3.05) is 11.1 Å². The summed E-state index contributed by atoms with van der Waals surface area (Å²) in [5, 5.41) is 15.0. The van der Waals surface area contributed by atoms with E-state index in [1.165, 1.54) is 18.2 Å². The van der Waals surface area contributed by atoms with Crippen molar-refractivity contribution in [2.24, 2.45) is 0 Å². The summed E-state index contributed by atoms with van der Waals surface area (Å²) in [6.07, 6.45) is 0. The molecule has 0 bridgehead atoms. The van der Waals surface area contributed by atoms with Crippen molar-refractivity contribution in [3.05, 3.63) is 87.7 Å². The highest BCUT2D eigenvalue weighted by Gasteiger charge is 2.15. The number of rotatable bonds is 6. The Kier molecular flexibility index (Phi) is 6.32. The van der Waals surface area contributed by atoms with Gasteiger partial charge in [0.25, 0.3) is 5.69 Å². The Morgan fingerprint density at radius 3 is 2.55 bits per heavy atom. The van der Waals surface area contributed by atoms with Crippen molar-refractivity contribution in [1.82, 2.24) is 9.97 Å². The van der Waals surface area contributed by atoms with Crippen LogP contribution < -0.4 is 5.32 Å². The number of nitrogens with zero attached hydrogens (tertiary/aromatic N) is 3. The lowest BCUT2D eigenvalue weighted by atomic mass is 10.0. The first-order chi connectivity index (χ1) is 15.8. The van der Waals surface area contributed by atoms with Crippen molar-refractivity contribution in [1.29, 1.82) is 0 Å². The molecule has 1 amide bonds. The van der Waals surface area contributed by atoms with Crippen LogP contribution in [0.2, 0.25) is 0 Å². The number of nitro groups is 1. The van der Waals surface area contributed by atoms with Crippen LogP contribution in [0.1, 0.15) is 11.1 Å². The lowest BCUT2D eigenvalue weighted by Crippen LogP contribution is -2.14. The molecule has 7 nitrogen and oxygen atoms in total. The van der Waals surface area contributed by atoms with Gasteiger partial charge in [-0.3, -0.25) is 14.9 Å². The Bertz CT molecular complexity index is 1380. The van der Waals surface area contributed by atoms with Gasteiger partial charge in [-0.05, 0) is 49.7 Å². The fourth-order valence-electron chi connectivity index (χ4n) is 3.38. The number of benzene rings is 3. The molecule has 0 fully saturated rings. The second kappa shape index (κ2) is 9.33. The minimum absolute atomic E-state index is 0.0158. The Morgan fingerprint density at radius 1 is 1.06 bits per heavy atom. The molecule has 0 spiro atoms. The van der Waals surface area contributed by atoms with Gasteiger partial charge in [0, 0.05) is 28.3 Å². The average molecular weight is 463 g/mol. The second-order valence-corrected chi connectivity index (χ2v) is 8.37. The van der Waals surface area contributed by atoms with E-state index >= 15 is 0 Å². The third-order valence-electron chi connectivity index (χ3n) is 5.05. The molecule has 0 aliphatic carbocycles. The van der Waals surface area contributed by atoms with Crippen molar-refractivity contribution in [3.63, 3.8) is 0 Å². The number of hydrogen-bond donors (Lipinski definition) is 1. The van der Waals surface area contributed by atoms with Crippen LogP contribution in [-0.4, -0.2) is 26.6 Å². The topological polar surface area (TPSA) is 98.0 Å². The summed E-state index contributed by atoms with van der Waals surface area (Å²) in [4.78, 5) is 32.4. The third kappa shape index (κ3) is 4.98. The maximum Gasteiger partial charge on any atom is 0.274 e. The van der Waals surface area contributed by atoms with E-state index < -0.39 is 4.92 Å². The number of amides is 1. The molecule has 9 heteroatoms. The van der Waals surface area contributed by atoms with Crippen LogP contribution in [0.25, 0.3) is 22.2 Å². The van der Waals surface area contributed by atoms with E-state index in [-0.39, 0.29) is 23.2 Å². The Balaban J connectivity index is 1.58. The number of hydrogen-bond acceptors (Lipinski definition) is 6. The summed E-state index contributed by atoms with van der Waals surface area (Å²) in [5.74, 6) is -0.659. The van der Waals surface area contributed by atoms with E-state index in [2.05, 4.69) is 15.3 Å². The third-order valence-corrected chi connectivity index (χ3v) is 5.89. The lowest BCUT2D eigenvalue weighted by Gasteiger charge is -2.11. The first-order valence-electron chi connectivity index (χ1n) is 10.0. The Morgan fingerprint density at radius 2 is 1.82 bits per heavy atom. The predicted octanol–water partition coefficient (Wildman–Crippen LogP) is 5.69. The fourth-order valence-corrected chi connectivity index (χ4v) is 4.02. The molecular weight excluding hydrogens is 443 g/mol. The minimum Gasteiger partial charge on any atom is -0.325 e. The number of nitrogens with one attached hydrogen (secondary N) is 1. The molecule has 0 aliphatic rings. The molecule has 0 unspecified atom stereocenters. The first kappa shape index (κ1) is 22.3. The van der Waals surface area contributed by atoms with Crippen LogP contribution in [-0.2, 0) is 4.79 Å². The van der Waals surface area contributed by atoms with E-state index in [4.69, 9.17) is 0 Å². The van der Waals surface area contributed by atoms with Crippen LogP contribution in [0.4, 0.5) is 15.8 Å². The number of fused-ring (bicyclic) bond motifs is 1. The number of halogens is 1. The van der Waals surface area contributed by atoms with Crippen LogP contribution in [0.15, 0.2) is 65.8 Å². The molecule has 4 aromatic rings. The molecule has 1 aromatic heterocycles. The maximum absolute atomic E-state index is 13.4. The zero-order valence-electron chi connectivity index (χ0n) is 17.8. The molecule has 1 heterocycles. The maximum atomic E-state index is 13.4. The van der Waals surface area contributed by atoms with Gasteiger partial charge < -0.3 is 5.32 Å². The van der Waals surface area contributed by atoms with E-state index in [1.54, 1.807) is 31.2 Å². The van der Waals surface area contributed by atoms with E-state index in [9.17, 15) is 19.3 Å². The molecule has 1 N–H and O–H groups in total. The zero-order valence-corrected chi connectivity index (χ0v) is 18.6. The molecule has 4 rings (SSSR count). The molecule has 166 valence electrons. The first-order valence-corrected chi connectivity index (χ1v) is 11.0. The molecule has 0 aliphatic heterocycles. The summed E-state index contributed by atoms with van der Waals surface area (Å²) >= 11 is 1.15. The van der Waals surface area contributed by atoms with Gasteiger partial charge in [-0.25, -0.2) is 14.4 Å². The summed E-state index contributed by atoms with van der Waals surface area (Å²) in [7, 11) is 0. The molecule has 0 radical (unpaired) electrons. The molecule has 3 aromatic carbocycles. The lowest BCUT2D eigenvalue weighted by molar-refractivity contribution is -0.385. The van der Waals surface area contributed by atoms with Crippen LogP contribution in [0.3, 0.4) is 0 Å². The summed E-state index contributed by atoms with van der Waals surface area (Å²) in [5.41, 5.74) is 3.91. The second-order valence-electron chi connectivity index (χ2n) is 7.43. The molecular formula is C24H19FN4O3S. The van der Waals surface area contributed by atoms with E-state index in [0.29, 0.717) is 22.1 Å². The standard InChI is InChI=1S/C24H19FN4O3S/c1-14-6-11-18(12-20(14)29(31)32)26-21(30)13-33-24-27-22-15(2)4-3-5-19(22)23(28-24)16-7-9-17(25)10-8-16/h3-12H,13H2,1-2H3,(H,26,30). The van der Waals surface area contributed by atoms with Crippen LogP contribution >= 0.6 is 11.8 Å².